The molecular weight excluding hydrogens is 250 g/mol. The van der Waals surface area contributed by atoms with Crippen molar-refractivity contribution in [2.75, 3.05) is 13.7 Å². The normalized spacial score (nSPS) is 14.0. The topological polar surface area (TPSA) is 41.5 Å². The van der Waals surface area contributed by atoms with E-state index in [9.17, 15) is 5.11 Å². The maximum Gasteiger partial charge on any atom is 0.118 e. The van der Waals surface area contributed by atoms with Crippen LogP contribution >= 0.6 is 0 Å². The number of aryl methyl sites for hydroxylation is 1. The van der Waals surface area contributed by atoms with Gasteiger partial charge in [0.1, 0.15) is 5.75 Å². The highest BCUT2D eigenvalue weighted by Gasteiger charge is 2.10. The summed E-state index contributed by atoms with van der Waals surface area (Å²) in [6.45, 7) is 4.60. The van der Waals surface area contributed by atoms with Crippen LogP contribution in [0.1, 0.15) is 45.1 Å². The van der Waals surface area contributed by atoms with Crippen LogP contribution < -0.4 is 10.1 Å². The number of hydrogen-bond acceptors (Lipinski definition) is 3. The number of hydrogen-bond donors (Lipinski definition) is 2. The van der Waals surface area contributed by atoms with Crippen LogP contribution in [0.2, 0.25) is 0 Å². The fourth-order valence-electron chi connectivity index (χ4n) is 2.34. The summed E-state index contributed by atoms with van der Waals surface area (Å²) in [7, 11) is 1.69. The average Bonchev–Trinajstić information content (AvgIpc) is 2.49. The lowest BCUT2D eigenvalue weighted by atomic mass is 10.0. The van der Waals surface area contributed by atoms with E-state index in [1.807, 2.05) is 12.1 Å². The number of benzene rings is 1. The van der Waals surface area contributed by atoms with Gasteiger partial charge in [0.15, 0.2) is 0 Å². The van der Waals surface area contributed by atoms with Crippen molar-refractivity contribution >= 4 is 0 Å². The molecule has 0 saturated carbocycles. The molecule has 3 heteroatoms. The molecule has 0 aliphatic heterocycles. The summed E-state index contributed by atoms with van der Waals surface area (Å²) in [5.74, 6) is 0.903. The van der Waals surface area contributed by atoms with E-state index in [2.05, 4.69) is 31.3 Å². The molecule has 0 bridgehead atoms. The second-order valence-electron chi connectivity index (χ2n) is 5.48. The van der Waals surface area contributed by atoms with Gasteiger partial charge < -0.3 is 15.2 Å². The molecule has 0 aromatic heterocycles. The maximum absolute atomic E-state index is 9.37. The van der Waals surface area contributed by atoms with Gasteiger partial charge in [0.25, 0.3) is 0 Å². The van der Waals surface area contributed by atoms with Crippen molar-refractivity contribution in [3.05, 3.63) is 29.8 Å². The molecule has 0 aliphatic rings. The molecule has 1 aromatic carbocycles. The first kappa shape index (κ1) is 17.0. The Morgan fingerprint density at radius 2 is 1.90 bits per heavy atom. The zero-order valence-electron chi connectivity index (χ0n) is 13.1. The second kappa shape index (κ2) is 9.78. The van der Waals surface area contributed by atoms with E-state index in [-0.39, 0.29) is 12.6 Å². The second-order valence-corrected chi connectivity index (χ2v) is 5.48. The molecule has 0 amide bonds. The molecule has 0 heterocycles. The fraction of sp³-hybridized carbons (Fsp3) is 0.647. The summed E-state index contributed by atoms with van der Waals surface area (Å²) in [6, 6.07) is 8.90. The smallest absolute Gasteiger partial charge is 0.118 e. The van der Waals surface area contributed by atoms with E-state index in [1.165, 1.54) is 18.4 Å². The van der Waals surface area contributed by atoms with E-state index in [4.69, 9.17) is 4.74 Å². The largest absolute Gasteiger partial charge is 0.497 e. The predicted octanol–water partition coefficient (Wildman–Crippen LogP) is 3.16. The Morgan fingerprint density at radius 1 is 1.20 bits per heavy atom. The van der Waals surface area contributed by atoms with Gasteiger partial charge in [0.2, 0.25) is 0 Å². The minimum atomic E-state index is 0.229. The Hall–Kier alpha value is -1.06. The monoisotopic (exact) mass is 279 g/mol. The lowest BCUT2D eigenvalue weighted by molar-refractivity contribution is 0.222. The van der Waals surface area contributed by atoms with E-state index >= 15 is 0 Å². The van der Waals surface area contributed by atoms with Gasteiger partial charge in [0, 0.05) is 12.1 Å². The maximum atomic E-state index is 9.37. The molecule has 0 spiro atoms. The summed E-state index contributed by atoms with van der Waals surface area (Å²) >= 11 is 0. The molecule has 114 valence electrons. The highest BCUT2D eigenvalue weighted by molar-refractivity contribution is 5.27. The first-order valence-corrected chi connectivity index (χ1v) is 7.69. The third-order valence-electron chi connectivity index (χ3n) is 3.67. The molecule has 2 atom stereocenters. The number of ether oxygens (including phenoxy) is 1. The quantitative estimate of drug-likeness (QED) is 0.691. The van der Waals surface area contributed by atoms with E-state index in [1.54, 1.807) is 7.11 Å². The number of aliphatic hydroxyl groups excluding tert-OH is 1. The van der Waals surface area contributed by atoms with Crippen LogP contribution in [0.5, 0.6) is 5.75 Å². The Balaban J connectivity index is 2.31. The molecule has 0 radical (unpaired) electrons. The van der Waals surface area contributed by atoms with Crippen molar-refractivity contribution in [2.24, 2.45) is 0 Å². The SMILES string of the molecule is CCCC[C@@H](CO)N[C@@H](C)CCc1ccc(OC)cc1. The van der Waals surface area contributed by atoms with Gasteiger partial charge in [-0.25, -0.2) is 0 Å². The van der Waals surface area contributed by atoms with E-state index in [0.29, 0.717) is 6.04 Å². The first-order valence-electron chi connectivity index (χ1n) is 7.69. The summed E-state index contributed by atoms with van der Waals surface area (Å²) in [5.41, 5.74) is 1.33. The van der Waals surface area contributed by atoms with Crippen molar-refractivity contribution < 1.29 is 9.84 Å². The Labute approximate surface area is 123 Å². The third kappa shape index (κ3) is 6.40. The van der Waals surface area contributed by atoms with E-state index in [0.717, 1.165) is 25.0 Å². The number of unbranched alkanes of at least 4 members (excludes halogenated alkanes) is 1. The number of nitrogens with one attached hydrogen (secondary N) is 1. The molecule has 0 aliphatic carbocycles. The Kier molecular flexibility index (Phi) is 8.31. The summed E-state index contributed by atoms with van der Waals surface area (Å²) in [5, 5.41) is 12.9. The van der Waals surface area contributed by atoms with Crippen LogP contribution in [-0.4, -0.2) is 30.9 Å². The molecule has 1 aromatic rings. The minimum absolute atomic E-state index is 0.229. The lowest BCUT2D eigenvalue weighted by Gasteiger charge is -2.21. The summed E-state index contributed by atoms with van der Waals surface area (Å²) in [4.78, 5) is 0. The molecule has 0 unspecified atom stereocenters. The molecule has 20 heavy (non-hydrogen) atoms. The highest BCUT2D eigenvalue weighted by atomic mass is 16.5. The zero-order chi connectivity index (χ0) is 14.8. The van der Waals surface area contributed by atoms with Gasteiger partial charge in [-0.1, -0.05) is 31.9 Å². The molecule has 0 saturated heterocycles. The Bertz CT molecular complexity index is 351. The van der Waals surface area contributed by atoms with Gasteiger partial charge in [-0.15, -0.1) is 0 Å². The number of rotatable bonds is 10. The third-order valence-corrected chi connectivity index (χ3v) is 3.67. The molecule has 0 fully saturated rings. The average molecular weight is 279 g/mol. The zero-order valence-corrected chi connectivity index (χ0v) is 13.1. The number of methoxy groups -OCH3 is 1. The van der Waals surface area contributed by atoms with Crippen LogP contribution in [0.15, 0.2) is 24.3 Å². The Morgan fingerprint density at radius 3 is 2.45 bits per heavy atom. The molecule has 2 N–H and O–H groups in total. The van der Waals surface area contributed by atoms with Gasteiger partial charge in [-0.05, 0) is 43.9 Å². The summed E-state index contributed by atoms with van der Waals surface area (Å²) < 4.78 is 5.16. The minimum Gasteiger partial charge on any atom is -0.497 e. The van der Waals surface area contributed by atoms with Gasteiger partial charge in [0.05, 0.1) is 13.7 Å². The van der Waals surface area contributed by atoms with Crippen molar-refractivity contribution in [3.8, 4) is 5.75 Å². The van der Waals surface area contributed by atoms with Crippen molar-refractivity contribution in [1.29, 1.82) is 0 Å². The predicted molar refractivity (Wildman–Crippen MR) is 84.3 cm³/mol. The molecular formula is C17H29NO2. The van der Waals surface area contributed by atoms with Gasteiger partial charge in [-0.3, -0.25) is 0 Å². The van der Waals surface area contributed by atoms with Crippen LogP contribution in [0.3, 0.4) is 0 Å². The fourth-order valence-corrected chi connectivity index (χ4v) is 2.34. The highest BCUT2D eigenvalue weighted by Crippen LogP contribution is 2.13. The van der Waals surface area contributed by atoms with Crippen molar-refractivity contribution in [3.63, 3.8) is 0 Å². The first-order chi connectivity index (χ1) is 9.69. The van der Waals surface area contributed by atoms with Crippen LogP contribution in [0, 0.1) is 0 Å². The molecule has 3 nitrogen and oxygen atoms in total. The standard InChI is InChI=1S/C17H29NO2/c1-4-5-6-16(13-19)18-14(2)7-8-15-9-11-17(20-3)12-10-15/h9-12,14,16,18-19H,4-8,13H2,1-3H3/t14-,16-/m0/s1. The number of aliphatic hydroxyl groups is 1. The van der Waals surface area contributed by atoms with Crippen LogP contribution in [-0.2, 0) is 6.42 Å². The van der Waals surface area contributed by atoms with Gasteiger partial charge >= 0.3 is 0 Å². The van der Waals surface area contributed by atoms with Crippen molar-refractivity contribution in [1.82, 2.24) is 5.32 Å². The summed E-state index contributed by atoms with van der Waals surface area (Å²) in [6.07, 6.45) is 5.53. The van der Waals surface area contributed by atoms with E-state index < -0.39 is 0 Å². The van der Waals surface area contributed by atoms with Crippen molar-refractivity contribution in [2.45, 2.75) is 58.0 Å². The van der Waals surface area contributed by atoms with Gasteiger partial charge in [-0.2, -0.15) is 0 Å². The van der Waals surface area contributed by atoms with Crippen LogP contribution in [0.25, 0.3) is 0 Å². The lowest BCUT2D eigenvalue weighted by Crippen LogP contribution is -2.39. The van der Waals surface area contributed by atoms with Crippen LogP contribution in [0.4, 0.5) is 0 Å². The molecule has 1 rings (SSSR count).